The molecule has 166 valence electrons. The monoisotopic (exact) mass is 430 g/mol. The van der Waals surface area contributed by atoms with Crippen LogP contribution in [0.15, 0.2) is 48.5 Å². The Kier molecular flexibility index (Phi) is 5.01. The summed E-state index contributed by atoms with van der Waals surface area (Å²) >= 11 is 0. The fourth-order valence-electron chi connectivity index (χ4n) is 5.52. The van der Waals surface area contributed by atoms with Gasteiger partial charge in [-0.3, -0.25) is 0 Å². The van der Waals surface area contributed by atoms with Gasteiger partial charge in [-0.05, 0) is 30.2 Å². The smallest absolute Gasteiger partial charge is 0.337 e. The highest BCUT2D eigenvalue weighted by Crippen LogP contribution is 2.75. The second-order valence-electron chi connectivity index (χ2n) is 8.50. The molecular weight excluding hydrogens is 404 g/mol. The van der Waals surface area contributed by atoms with Crippen LogP contribution in [0.1, 0.15) is 38.9 Å². The third-order valence-electron chi connectivity index (χ3n) is 7.10. The molecule has 8 heteroatoms. The van der Waals surface area contributed by atoms with Crippen LogP contribution in [0.4, 0.5) is 0 Å². The van der Waals surface area contributed by atoms with Crippen LogP contribution in [0.3, 0.4) is 0 Å². The normalized spacial score (nSPS) is 37.2. The van der Waals surface area contributed by atoms with E-state index in [0.717, 1.165) is 5.56 Å². The maximum Gasteiger partial charge on any atom is 0.337 e. The topological polar surface area (TPSA) is 148 Å². The van der Waals surface area contributed by atoms with Gasteiger partial charge in [0.15, 0.2) is 0 Å². The summed E-state index contributed by atoms with van der Waals surface area (Å²) in [5.41, 5.74) is -4.93. The molecule has 8 nitrogen and oxygen atoms in total. The van der Waals surface area contributed by atoms with Crippen LogP contribution in [0, 0.1) is 6.92 Å². The fourth-order valence-corrected chi connectivity index (χ4v) is 5.52. The number of carbonyl (C=O) groups is 1. The van der Waals surface area contributed by atoms with Crippen molar-refractivity contribution in [3.8, 4) is 0 Å². The van der Waals surface area contributed by atoms with E-state index in [9.17, 15) is 35.4 Å². The molecule has 2 aromatic carbocycles. The lowest BCUT2D eigenvalue weighted by Gasteiger charge is -2.80. The van der Waals surface area contributed by atoms with Gasteiger partial charge in [-0.15, -0.1) is 0 Å². The maximum atomic E-state index is 11.7. The molecule has 2 saturated carbocycles. The molecule has 2 aliphatic rings. The summed E-state index contributed by atoms with van der Waals surface area (Å²) in [4.78, 5) is 11.7. The number of aliphatic hydroxyl groups is 6. The minimum absolute atomic E-state index is 0.228. The molecule has 0 radical (unpaired) electrons. The third kappa shape index (κ3) is 2.48. The number of fused-ring (bicyclic) bond motifs is 1. The summed E-state index contributed by atoms with van der Waals surface area (Å²) in [6.07, 6.45) is -3.25. The molecule has 4 rings (SSSR count). The second kappa shape index (κ2) is 7.09. The van der Waals surface area contributed by atoms with E-state index in [1.807, 2.05) is 6.92 Å². The minimum Gasteiger partial charge on any atom is -0.465 e. The van der Waals surface area contributed by atoms with E-state index < -0.39 is 53.4 Å². The molecular formula is C23H26O8. The summed E-state index contributed by atoms with van der Waals surface area (Å²) < 4.78 is 4.66. The van der Waals surface area contributed by atoms with Gasteiger partial charge in [0.05, 0.1) is 31.3 Å². The highest BCUT2D eigenvalue weighted by atomic mass is 16.5. The highest BCUT2D eigenvalue weighted by Gasteiger charge is 2.93. The van der Waals surface area contributed by atoms with Crippen molar-refractivity contribution in [1.29, 1.82) is 0 Å². The number of ether oxygens (including phenoxy) is 1. The number of rotatable bonds is 5. The van der Waals surface area contributed by atoms with Crippen molar-refractivity contribution < 1.29 is 40.2 Å². The minimum atomic E-state index is -2.36. The molecule has 3 unspecified atom stereocenters. The van der Waals surface area contributed by atoms with E-state index in [4.69, 9.17) is 0 Å². The quantitative estimate of drug-likeness (QED) is 0.351. The van der Waals surface area contributed by atoms with Crippen molar-refractivity contribution in [3.63, 3.8) is 0 Å². The summed E-state index contributed by atoms with van der Waals surface area (Å²) in [5.74, 6) is -2.99. The average molecular weight is 430 g/mol. The first-order valence-electron chi connectivity index (χ1n) is 9.97. The molecule has 0 bridgehead atoms. The number of aliphatic hydroxyl groups excluding tert-OH is 3. The molecule has 7 atom stereocenters. The van der Waals surface area contributed by atoms with Gasteiger partial charge in [0.25, 0.3) is 0 Å². The van der Waals surface area contributed by atoms with Gasteiger partial charge in [0.2, 0.25) is 0 Å². The van der Waals surface area contributed by atoms with Crippen LogP contribution in [-0.4, -0.2) is 79.3 Å². The lowest BCUT2D eigenvalue weighted by atomic mass is 9.30. The predicted octanol–water partition coefficient (Wildman–Crippen LogP) is -0.416. The summed E-state index contributed by atoms with van der Waals surface area (Å²) in [6, 6.07) is 12.6. The lowest BCUT2D eigenvalue weighted by molar-refractivity contribution is -0.459. The first kappa shape index (κ1) is 21.9. The molecule has 31 heavy (non-hydrogen) atoms. The Morgan fingerprint density at radius 2 is 1.58 bits per heavy atom. The van der Waals surface area contributed by atoms with Crippen molar-refractivity contribution >= 4 is 5.97 Å². The summed E-state index contributed by atoms with van der Waals surface area (Å²) in [7, 11) is 1.23. The lowest BCUT2D eigenvalue weighted by Crippen LogP contribution is -2.99. The Morgan fingerprint density at radius 1 is 1.03 bits per heavy atom. The summed E-state index contributed by atoms with van der Waals surface area (Å²) in [6.45, 7) is 0.998. The Bertz CT molecular complexity index is 990. The van der Waals surface area contributed by atoms with Gasteiger partial charge in [0, 0.05) is 5.92 Å². The van der Waals surface area contributed by atoms with Crippen molar-refractivity contribution in [2.75, 3.05) is 13.7 Å². The van der Waals surface area contributed by atoms with E-state index >= 15 is 0 Å². The van der Waals surface area contributed by atoms with Crippen molar-refractivity contribution in [2.24, 2.45) is 0 Å². The number of hydrogen-bond donors (Lipinski definition) is 6. The fraction of sp³-hybridized carbons (Fsp3) is 0.435. The zero-order valence-electron chi connectivity index (χ0n) is 17.1. The standard InChI is InChI=1S/C23H26O8/c1-12-3-5-13(6-4-12)17-19(26)22(29)18(21(28,16(25)11-24)23(17,22)30)14-7-9-15(10-8-14)20(27)31-2/h3-10,16-19,24-26,28-30H,11H2,1-2H3/t16-,17?,18?,19?,21+,22+,23+/m1/s1. The average Bonchev–Trinajstić information content (AvgIpc) is 2.79. The van der Waals surface area contributed by atoms with Gasteiger partial charge in [-0.1, -0.05) is 42.0 Å². The third-order valence-corrected chi connectivity index (χ3v) is 7.10. The SMILES string of the molecule is COC(=O)c1ccc(C2[C@]3(O)C(O)C(c4ccc(C)cc4)[C@]3(O)[C@]2(O)[C@H](O)CO)cc1. The maximum absolute atomic E-state index is 11.7. The van der Waals surface area contributed by atoms with E-state index in [1.54, 1.807) is 24.3 Å². The molecule has 6 N–H and O–H groups in total. The molecule has 0 amide bonds. The Hall–Kier alpha value is -2.33. The van der Waals surface area contributed by atoms with E-state index in [0.29, 0.717) is 5.56 Å². The van der Waals surface area contributed by atoms with Gasteiger partial charge in [-0.2, -0.15) is 0 Å². The van der Waals surface area contributed by atoms with Crippen LogP contribution in [-0.2, 0) is 4.74 Å². The van der Waals surface area contributed by atoms with E-state index in [2.05, 4.69) is 4.74 Å². The number of esters is 1. The molecule has 0 aliphatic heterocycles. The van der Waals surface area contributed by atoms with Gasteiger partial charge in [0.1, 0.15) is 22.9 Å². The molecule has 0 aromatic heterocycles. The largest absolute Gasteiger partial charge is 0.465 e. The van der Waals surface area contributed by atoms with Gasteiger partial charge >= 0.3 is 5.97 Å². The van der Waals surface area contributed by atoms with Crippen LogP contribution in [0.2, 0.25) is 0 Å². The number of methoxy groups -OCH3 is 1. The second-order valence-corrected chi connectivity index (χ2v) is 8.50. The van der Waals surface area contributed by atoms with Crippen molar-refractivity contribution in [1.82, 2.24) is 0 Å². The number of carbonyl (C=O) groups excluding carboxylic acids is 1. The van der Waals surface area contributed by atoms with Crippen LogP contribution in [0.5, 0.6) is 0 Å². The Balaban J connectivity index is 1.80. The highest BCUT2D eigenvalue weighted by molar-refractivity contribution is 5.89. The first-order valence-corrected chi connectivity index (χ1v) is 9.97. The number of aryl methyl sites for hydroxylation is 1. The Morgan fingerprint density at radius 3 is 2.10 bits per heavy atom. The van der Waals surface area contributed by atoms with E-state index in [1.165, 1.54) is 31.4 Å². The van der Waals surface area contributed by atoms with Crippen LogP contribution in [0.25, 0.3) is 0 Å². The number of benzene rings is 2. The predicted molar refractivity (Wildman–Crippen MR) is 108 cm³/mol. The van der Waals surface area contributed by atoms with Gasteiger partial charge < -0.3 is 35.4 Å². The van der Waals surface area contributed by atoms with Crippen LogP contribution >= 0.6 is 0 Å². The number of hydrogen-bond acceptors (Lipinski definition) is 8. The molecule has 2 fully saturated rings. The first-order chi connectivity index (χ1) is 14.6. The zero-order valence-corrected chi connectivity index (χ0v) is 17.1. The summed E-state index contributed by atoms with van der Waals surface area (Å²) in [5, 5.41) is 65.4. The molecule has 0 heterocycles. The van der Waals surface area contributed by atoms with Gasteiger partial charge in [-0.25, -0.2) is 4.79 Å². The molecule has 0 saturated heterocycles. The zero-order chi connectivity index (χ0) is 22.8. The van der Waals surface area contributed by atoms with Crippen molar-refractivity contribution in [2.45, 2.75) is 47.8 Å². The molecule has 0 spiro atoms. The Labute approximate surface area is 179 Å². The van der Waals surface area contributed by atoms with Crippen molar-refractivity contribution in [3.05, 3.63) is 70.8 Å². The molecule has 2 aromatic rings. The van der Waals surface area contributed by atoms with E-state index in [-0.39, 0.29) is 11.1 Å². The molecule has 2 aliphatic carbocycles. The van der Waals surface area contributed by atoms with Crippen LogP contribution < -0.4 is 0 Å².